The summed E-state index contributed by atoms with van der Waals surface area (Å²) in [5.74, 6) is 1.03. The molecule has 0 atom stereocenters. The van der Waals surface area contributed by atoms with Crippen LogP contribution in [0.1, 0.15) is 19.8 Å². The summed E-state index contributed by atoms with van der Waals surface area (Å²) in [6.45, 7) is 2.15. The summed E-state index contributed by atoms with van der Waals surface area (Å²) in [7, 11) is 1.91. The Kier molecular flexibility index (Phi) is 2.90. The van der Waals surface area contributed by atoms with Crippen molar-refractivity contribution in [2.75, 3.05) is 7.05 Å². The molecule has 0 unspecified atom stereocenters. The molecule has 0 spiro atoms. The highest BCUT2D eigenvalue weighted by Crippen LogP contribution is 2.14. The second-order valence-corrected chi connectivity index (χ2v) is 2.47. The van der Waals surface area contributed by atoms with Crippen molar-refractivity contribution in [2.45, 2.75) is 19.8 Å². The summed E-state index contributed by atoms with van der Waals surface area (Å²) in [4.78, 5) is 4.25. The van der Waals surface area contributed by atoms with Crippen molar-refractivity contribution in [1.29, 1.82) is 0 Å². The molecule has 0 amide bonds. The molecule has 1 N–H and O–H groups in total. The first-order chi connectivity index (χ1) is 5.38. The summed E-state index contributed by atoms with van der Waals surface area (Å²) in [6.07, 6.45) is 8.03. The number of rotatable bonds is 2. The molecule has 0 aromatic heterocycles. The van der Waals surface area contributed by atoms with Crippen molar-refractivity contribution in [3.8, 4) is 0 Å². The van der Waals surface area contributed by atoms with Crippen LogP contribution in [0.5, 0.6) is 0 Å². The van der Waals surface area contributed by atoms with Gasteiger partial charge in [-0.3, -0.25) is 0 Å². The lowest BCUT2D eigenvalue weighted by Crippen LogP contribution is -2.06. The van der Waals surface area contributed by atoms with E-state index in [9.17, 15) is 0 Å². The van der Waals surface area contributed by atoms with E-state index in [1.165, 1.54) is 5.57 Å². The van der Waals surface area contributed by atoms with Crippen LogP contribution in [0.15, 0.2) is 28.5 Å². The zero-order valence-corrected chi connectivity index (χ0v) is 7.09. The van der Waals surface area contributed by atoms with Crippen molar-refractivity contribution in [3.05, 3.63) is 23.5 Å². The Morgan fingerprint density at radius 1 is 1.64 bits per heavy atom. The zero-order chi connectivity index (χ0) is 8.10. The van der Waals surface area contributed by atoms with Gasteiger partial charge in [0.2, 0.25) is 0 Å². The fourth-order valence-electron chi connectivity index (χ4n) is 1.13. The maximum atomic E-state index is 4.25. The van der Waals surface area contributed by atoms with Gasteiger partial charge < -0.3 is 5.32 Å². The molecule has 0 saturated carbocycles. The molecule has 2 nitrogen and oxygen atoms in total. The number of nitrogens with zero attached hydrogens (tertiary/aromatic N) is 1. The molecule has 60 valence electrons. The Morgan fingerprint density at radius 2 is 2.45 bits per heavy atom. The lowest BCUT2D eigenvalue weighted by Gasteiger charge is -2.05. The maximum absolute atomic E-state index is 4.25. The second-order valence-electron chi connectivity index (χ2n) is 2.47. The molecular formula is C9H14N2. The molecule has 0 radical (unpaired) electrons. The third-order valence-corrected chi connectivity index (χ3v) is 1.79. The van der Waals surface area contributed by atoms with E-state index in [0.29, 0.717) is 0 Å². The third kappa shape index (κ3) is 1.93. The van der Waals surface area contributed by atoms with E-state index < -0.39 is 0 Å². The first-order valence-electron chi connectivity index (χ1n) is 3.97. The van der Waals surface area contributed by atoms with Crippen molar-refractivity contribution >= 4 is 6.21 Å². The van der Waals surface area contributed by atoms with Crippen molar-refractivity contribution < 1.29 is 0 Å². The molecule has 1 aliphatic heterocycles. The van der Waals surface area contributed by atoms with Crippen LogP contribution in [-0.4, -0.2) is 13.3 Å². The Hall–Kier alpha value is -1.05. The molecule has 0 aromatic rings. The lowest BCUT2D eigenvalue weighted by atomic mass is 10.1. The number of hydrogen-bond acceptors (Lipinski definition) is 2. The Morgan fingerprint density at radius 3 is 3.09 bits per heavy atom. The Bertz CT molecular complexity index is 212. The highest BCUT2D eigenvalue weighted by Gasteiger charge is 2.01. The van der Waals surface area contributed by atoms with Gasteiger partial charge in [-0.15, -0.1) is 0 Å². The molecule has 0 bridgehead atoms. The molecule has 0 aliphatic carbocycles. The van der Waals surface area contributed by atoms with Crippen molar-refractivity contribution in [2.24, 2.45) is 4.99 Å². The Labute approximate surface area is 67.7 Å². The monoisotopic (exact) mass is 150 g/mol. The minimum Gasteiger partial charge on any atom is -0.373 e. The predicted molar refractivity (Wildman–Crippen MR) is 48.6 cm³/mol. The second kappa shape index (κ2) is 3.96. The van der Waals surface area contributed by atoms with E-state index in [2.05, 4.69) is 23.3 Å². The van der Waals surface area contributed by atoms with Gasteiger partial charge in [0.1, 0.15) is 5.82 Å². The molecule has 11 heavy (non-hydrogen) atoms. The van der Waals surface area contributed by atoms with E-state index in [1.807, 2.05) is 19.3 Å². The average Bonchev–Trinajstić information content (AvgIpc) is 2.27. The number of nitrogens with one attached hydrogen (secondary N) is 1. The minimum absolute atomic E-state index is 1.02. The fraction of sp³-hybridized carbons (Fsp3) is 0.444. The van der Waals surface area contributed by atoms with Crippen LogP contribution in [0.2, 0.25) is 0 Å². The van der Waals surface area contributed by atoms with Gasteiger partial charge in [-0.2, -0.15) is 0 Å². The standard InChI is InChI=1S/C9H14N2/c1-3-8-6-4-5-7-11-9(8)10-2/h4-5,7,10H,3,6H2,1-2H3. The minimum atomic E-state index is 1.02. The van der Waals surface area contributed by atoms with Crippen LogP contribution in [0.25, 0.3) is 0 Å². The first kappa shape index (κ1) is 8.05. The first-order valence-corrected chi connectivity index (χ1v) is 3.97. The molecule has 2 heteroatoms. The molecule has 0 fully saturated rings. The van der Waals surface area contributed by atoms with Gasteiger partial charge >= 0.3 is 0 Å². The molecule has 0 saturated heterocycles. The molecule has 1 aliphatic rings. The zero-order valence-electron chi connectivity index (χ0n) is 7.09. The van der Waals surface area contributed by atoms with Crippen LogP contribution in [0.4, 0.5) is 0 Å². The summed E-state index contributed by atoms with van der Waals surface area (Å²) in [5.41, 5.74) is 1.37. The normalized spacial score (nSPS) is 16.9. The predicted octanol–water partition coefficient (Wildman–Crippen LogP) is 1.86. The van der Waals surface area contributed by atoms with Gasteiger partial charge in [-0.25, -0.2) is 4.99 Å². The van der Waals surface area contributed by atoms with Crippen LogP contribution >= 0.6 is 0 Å². The topological polar surface area (TPSA) is 24.4 Å². The third-order valence-electron chi connectivity index (χ3n) is 1.79. The van der Waals surface area contributed by atoms with Gasteiger partial charge in [0.05, 0.1) is 0 Å². The fourth-order valence-corrected chi connectivity index (χ4v) is 1.13. The number of aliphatic imine (C=N–C) groups is 1. The molecule has 0 aromatic carbocycles. The van der Waals surface area contributed by atoms with Crippen LogP contribution < -0.4 is 5.32 Å². The number of allylic oxidation sites excluding steroid dienone is 3. The van der Waals surface area contributed by atoms with Gasteiger partial charge in [-0.05, 0) is 24.5 Å². The summed E-state index contributed by atoms with van der Waals surface area (Å²) >= 11 is 0. The van der Waals surface area contributed by atoms with Gasteiger partial charge in [0.15, 0.2) is 0 Å². The highest BCUT2D eigenvalue weighted by atomic mass is 15.0. The number of hydrogen-bond donors (Lipinski definition) is 1. The summed E-state index contributed by atoms with van der Waals surface area (Å²) in [6, 6.07) is 0. The lowest BCUT2D eigenvalue weighted by molar-refractivity contribution is 0.883. The van der Waals surface area contributed by atoms with Crippen molar-refractivity contribution in [1.82, 2.24) is 5.32 Å². The smallest absolute Gasteiger partial charge is 0.125 e. The van der Waals surface area contributed by atoms with Gasteiger partial charge in [0, 0.05) is 13.3 Å². The summed E-state index contributed by atoms with van der Waals surface area (Å²) < 4.78 is 0. The van der Waals surface area contributed by atoms with E-state index in [1.54, 1.807) is 0 Å². The average molecular weight is 150 g/mol. The van der Waals surface area contributed by atoms with E-state index >= 15 is 0 Å². The van der Waals surface area contributed by atoms with Crippen molar-refractivity contribution in [3.63, 3.8) is 0 Å². The quantitative estimate of drug-likeness (QED) is 0.638. The van der Waals surface area contributed by atoms with E-state index in [0.717, 1.165) is 18.7 Å². The van der Waals surface area contributed by atoms with Crippen LogP contribution in [0, 0.1) is 0 Å². The Balaban J connectivity index is 2.85. The van der Waals surface area contributed by atoms with Gasteiger partial charge in [0.25, 0.3) is 0 Å². The summed E-state index contributed by atoms with van der Waals surface area (Å²) in [5, 5.41) is 3.09. The molecule has 1 rings (SSSR count). The van der Waals surface area contributed by atoms with E-state index in [-0.39, 0.29) is 0 Å². The maximum Gasteiger partial charge on any atom is 0.125 e. The largest absolute Gasteiger partial charge is 0.373 e. The van der Waals surface area contributed by atoms with E-state index in [4.69, 9.17) is 0 Å². The highest BCUT2D eigenvalue weighted by molar-refractivity contribution is 5.72. The molecule has 1 heterocycles. The van der Waals surface area contributed by atoms with Crippen LogP contribution in [-0.2, 0) is 0 Å². The molecular weight excluding hydrogens is 136 g/mol. The van der Waals surface area contributed by atoms with Gasteiger partial charge in [-0.1, -0.05) is 13.0 Å². The van der Waals surface area contributed by atoms with Crippen LogP contribution in [0.3, 0.4) is 0 Å². The SMILES string of the molecule is CCC1=C(NC)N=CC=CC1.